The van der Waals surface area contributed by atoms with Gasteiger partial charge in [-0.3, -0.25) is 19.8 Å². The molecule has 4 rings (SSSR count). The van der Waals surface area contributed by atoms with E-state index >= 15 is 0 Å². The van der Waals surface area contributed by atoms with Gasteiger partial charge in [-0.2, -0.15) is 5.10 Å². The molecule has 0 amide bonds. The van der Waals surface area contributed by atoms with Crippen LogP contribution in [0.1, 0.15) is 30.9 Å². The molecule has 9 nitrogen and oxygen atoms in total. The number of aromatic nitrogens is 3. The lowest BCUT2D eigenvalue weighted by Gasteiger charge is -2.28. The second-order valence-corrected chi connectivity index (χ2v) is 7.12. The highest BCUT2D eigenvalue weighted by molar-refractivity contribution is 5.95. The van der Waals surface area contributed by atoms with Crippen molar-refractivity contribution in [3.8, 4) is 11.4 Å². The first-order valence-electron chi connectivity index (χ1n) is 9.80. The molecule has 0 radical (unpaired) electrons. The van der Waals surface area contributed by atoms with E-state index in [2.05, 4.69) is 15.4 Å². The molecule has 0 aliphatic carbocycles. The maximum Gasteiger partial charge on any atom is 0.336 e. The van der Waals surface area contributed by atoms with E-state index in [9.17, 15) is 14.9 Å². The number of allylic oxidation sites excluding steroid dienone is 1. The summed E-state index contributed by atoms with van der Waals surface area (Å²) in [7, 11) is 1.80. The molecule has 1 N–H and O–H groups in total. The minimum Gasteiger partial charge on any atom is -0.463 e. The van der Waals surface area contributed by atoms with Crippen molar-refractivity contribution in [2.75, 3.05) is 11.9 Å². The van der Waals surface area contributed by atoms with Crippen molar-refractivity contribution in [3.05, 3.63) is 81.2 Å². The molecule has 3 aromatic rings. The van der Waals surface area contributed by atoms with Crippen LogP contribution in [0, 0.1) is 10.1 Å². The van der Waals surface area contributed by atoms with Gasteiger partial charge in [-0.15, -0.1) is 0 Å². The number of hydrogen-bond acceptors (Lipinski definition) is 7. The number of rotatable bonds is 5. The van der Waals surface area contributed by atoms with Crippen molar-refractivity contribution in [2.45, 2.75) is 19.8 Å². The molecule has 0 fully saturated rings. The summed E-state index contributed by atoms with van der Waals surface area (Å²) in [5.74, 6) is -0.394. The number of non-ortho nitro benzene ring substituents is 1. The SMILES string of the molecule is CCOC(=O)C1=C(C)Nc2c(c(-c3ccccn3)nn2C)C1c1cccc([N+](=O)[O-])c1. The number of ether oxygens (including phenoxy) is 1. The normalized spacial score (nSPS) is 15.3. The molecule has 1 aliphatic heterocycles. The smallest absolute Gasteiger partial charge is 0.336 e. The molecule has 0 saturated carbocycles. The van der Waals surface area contributed by atoms with Gasteiger partial charge < -0.3 is 10.1 Å². The first-order chi connectivity index (χ1) is 14.9. The summed E-state index contributed by atoms with van der Waals surface area (Å²) in [5.41, 5.74) is 3.50. The number of fused-ring (bicyclic) bond motifs is 1. The minimum absolute atomic E-state index is 0.0540. The predicted molar refractivity (Wildman–Crippen MR) is 114 cm³/mol. The molecule has 31 heavy (non-hydrogen) atoms. The summed E-state index contributed by atoms with van der Waals surface area (Å²) >= 11 is 0. The van der Waals surface area contributed by atoms with Crippen molar-refractivity contribution >= 4 is 17.5 Å². The summed E-state index contributed by atoms with van der Waals surface area (Å²) in [6, 6.07) is 11.8. The first kappa shape index (κ1) is 20.3. The Hall–Kier alpha value is -4.01. The molecule has 0 bridgehead atoms. The third-order valence-corrected chi connectivity index (χ3v) is 5.19. The Kier molecular flexibility index (Phi) is 5.24. The summed E-state index contributed by atoms with van der Waals surface area (Å²) in [6.07, 6.45) is 1.67. The second-order valence-electron chi connectivity index (χ2n) is 7.12. The molecule has 3 heterocycles. The molecule has 1 aromatic carbocycles. The van der Waals surface area contributed by atoms with Crippen LogP contribution in [0.15, 0.2) is 59.9 Å². The average molecular weight is 419 g/mol. The van der Waals surface area contributed by atoms with Gasteiger partial charge in [0.15, 0.2) is 0 Å². The number of nitrogens with one attached hydrogen (secondary N) is 1. The number of aryl methyl sites for hydroxylation is 1. The molecule has 158 valence electrons. The Bertz CT molecular complexity index is 1200. The highest BCUT2D eigenvalue weighted by Gasteiger charge is 2.38. The second kappa shape index (κ2) is 8.02. The van der Waals surface area contributed by atoms with Crippen LogP contribution in [0.2, 0.25) is 0 Å². The van der Waals surface area contributed by atoms with Crippen LogP contribution in [0.3, 0.4) is 0 Å². The van der Waals surface area contributed by atoms with E-state index in [4.69, 9.17) is 4.74 Å². The maximum absolute atomic E-state index is 13.0. The van der Waals surface area contributed by atoms with Gasteiger partial charge in [0.25, 0.3) is 5.69 Å². The Labute approximate surface area is 178 Å². The monoisotopic (exact) mass is 419 g/mol. The highest BCUT2D eigenvalue weighted by atomic mass is 16.6. The van der Waals surface area contributed by atoms with Crippen molar-refractivity contribution in [3.63, 3.8) is 0 Å². The fourth-order valence-corrected chi connectivity index (χ4v) is 3.89. The quantitative estimate of drug-likeness (QED) is 0.380. The van der Waals surface area contributed by atoms with Crippen LogP contribution >= 0.6 is 0 Å². The number of carbonyl (C=O) groups is 1. The summed E-state index contributed by atoms with van der Waals surface area (Å²) in [6.45, 7) is 3.73. The van der Waals surface area contributed by atoms with Crippen LogP contribution < -0.4 is 5.32 Å². The Morgan fingerprint density at radius 3 is 2.77 bits per heavy atom. The van der Waals surface area contributed by atoms with Crippen molar-refractivity contribution in [1.82, 2.24) is 14.8 Å². The van der Waals surface area contributed by atoms with Gasteiger partial charge in [-0.05, 0) is 31.5 Å². The minimum atomic E-state index is -0.610. The van der Waals surface area contributed by atoms with Crippen molar-refractivity contribution < 1.29 is 14.5 Å². The van der Waals surface area contributed by atoms with Gasteiger partial charge in [0, 0.05) is 42.6 Å². The largest absolute Gasteiger partial charge is 0.463 e. The van der Waals surface area contributed by atoms with Crippen LogP contribution in [0.4, 0.5) is 11.5 Å². The van der Waals surface area contributed by atoms with Crippen LogP contribution in [-0.2, 0) is 16.6 Å². The van der Waals surface area contributed by atoms with Crippen molar-refractivity contribution in [2.24, 2.45) is 7.05 Å². The zero-order chi connectivity index (χ0) is 22.1. The molecule has 2 aromatic heterocycles. The molecule has 1 aliphatic rings. The lowest BCUT2D eigenvalue weighted by atomic mass is 9.80. The van der Waals surface area contributed by atoms with E-state index in [0.717, 1.165) is 5.56 Å². The Morgan fingerprint density at radius 2 is 2.10 bits per heavy atom. The fraction of sp³-hybridized carbons (Fsp3) is 0.227. The summed E-state index contributed by atoms with van der Waals surface area (Å²) in [5, 5.41) is 19.3. The fourth-order valence-electron chi connectivity index (χ4n) is 3.89. The van der Waals surface area contributed by atoms with Crippen LogP contribution in [0.5, 0.6) is 0 Å². The molecule has 0 saturated heterocycles. The predicted octanol–water partition coefficient (Wildman–Crippen LogP) is 3.78. The van der Waals surface area contributed by atoms with E-state index in [1.807, 2.05) is 18.2 Å². The zero-order valence-corrected chi connectivity index (χ0v) is 17.3. The number of hydrogen-bond donors (Lipinski definition) is 1. The number of anilines is 1. The van der Waals surface area contributed by atoms with Gasteiger partial charge in [0.05, 0.1) is 22.8 Å². The molecular weight excluding hydrogens is 398 g/mol. The van der Waals surface area contributed by atoms with Gasteiger partial charge >= 0.3 is 5.97 Å². The maximum atomic E-state index is 13.0. The number of nitrogens with zero attached hydrogens (tertiary/aromatic N) is 4. The van der Waals surface area contributed by atoms with Crippen LogP contribution in [-0.4, -0.2) is 32.3 Å². The van der Waals surface area contributed by atoms with E-state index in [1.165, 1.54) is 12.1 Å². The summed E-state index contributed by atoms with van der Waals surface area (Å²) in [4.78, 5) is 28.4. The third kappa shape index (κ3) is 3.54. The lowest BCUT2D eigenvalue weighted by Crippen LogP contribution is -2.25. The van der Waals surface area contributed by atoms with Gasteiger partial charge in [-0.25, -0.2) is 4.79 Å². The number of benzene rings is 1. The molecule has 0 spiro atoms. The topological polar surface area (TPSA) is 112 Å². The van der Waals surface area contributed by atoms with Gasteiger partial charge in [0.1, 0.15) is 11.5 Å². The Morgan fingerprint density at radius 1 is 1.29 bits per heavy atom. The highest BCUT2D eigenvalue weighted by Crippen LogP contribution is 2.46. The number of pyridine rings is 1. The van der Waals surface area contributed by atoms with Crippen molar-refractivity contribution in [1.29, 1.82) is 0 Å². The average Bonchev–Trinajstić information content (AvgIpc) is 3.09. The van der Waals surface area contributed by atoms with Gasteiger partial charge in [0.2, 0.25) is 0 Å². The van der Waals surface area contributed by atoms with E-state index in [-0.39, 0.29) is 12.3 Å². The van der Waals surface area contributed by atoms with Crippen LogP contribution in [0.25, 0.3) is 11.4 Å². The van der Waals surface area contributed by atoms with Gasteiger partial charge in [-0.1, -0.05) is 18.2 Å². The number of esters is 1. The van der Waals surface area contributed by atoms with E-state index in [1.54, 1.807) is 43.9 Å². The lowest BCUT2D eigenvalue weighted by molar-refractivity contribution is -0.384. The Balaban J connectivity index is 2.00. The first-order valence-corrected chi connectivity index (χ1v) is 9.80. The standard InChI is InChI=1S/C22H21N5O4/c1-4-31-22(28)17-13(2)24-21-19(18(17)14-8-7-9-15(12-14)27(29)30)20(25-26(21)3)16-10-5-6-11-23-16/h5-12,18,24H,4H2,1-3H3. The van der Waals surface area contributed by atoms with E-state index < -0.39 is 16.8 Å². The zero-order valence-electron chi connectivity index (χ0n) is 17.3. The molecule has 1 unspecified atom stereocenters. The third-order valence-electron chi connectivity index (χ3n) is 5.19. The molecule has 1 atom stereocenters. The number of nitro benzene ring substituents is 1. The summed E-state index contributed by atoms with van der Waals surface area (Å²) < 4.78 is 7.02. The number of nitro groups is 1. The molecular formula is C22H21N5O4. The van der Waals surface area contributed by atoms with E-state index in [0.29, 0.717) is 34.0 Å². The number of carbonyl (C=O) groups excluding carboxylic acids is 1. The molecule has 9 heteroatoms.